The number of amides is 1. The lowest BCUT2D eigenvalue weighted by Crippen LogP contribution is -2.51. The largest absolute Gasteiger partial charge is 0.351 e. The van der Waals surface area contributed by atoms with Crippen molar-refractivity contribution in [2.45, 2.75) is 52.0 Å². The lowest BCUT2D eigenvalue weighted by atomic mass is 9.80. The molecule has 1 heterocycles. The highest BCUT2D eigenvalue weighted by atomic mass is 16.1. The van der Waals surface area contributed by atoms with Gasteiger partial charge in [0.25, 0.3) is 0 Å². The molecule has 0 spiro atoms. The first kappa shape index (κ1) is 12.5. The predicted octanol–water partition coefficient (Wildman–Crippen LogP) is 1.68. The second-order valence-electron chi connectivity index (χ2n) is 5.04. The third-order valence-electron chi connectivity index (χ3n) is 3.30. The molecule has 1 fully saturated rings. The van der Waals surface area contributed by atoms with E-state index in [0.29, 0.717) is 12.3 Å². The second kappa shape index (κ2) is 5.50. The highest BCUT2D eigenvalue weighted by molar-refractivity contribution is 5.76. The quantitative estimate of drug-likeness (QED) is 0.744. The first-order valence-electron chi connectivity index (χ1n) is 6.08. The fraction of sp³-hybridized carbons (Fsp3) is 0.917. The SMILES string of the molecule is CCCC(=O)NC(C)(C)C1CCNCC1. The topological polar surface area (TPSA) is 41.1 Å². The van der Waals surface area contributed by atoms with Crippen LogP contribution in [0.1, 0.15) is 46.5 Å². The van der Waals surface area contributed by atoms with Crippen molar-refractivity contribution in [2.75, 3.05) is 13.1 Å². The van der Waals surface area contributed by atoms with Crippen molar-refractivity contribution < 1.29 is 4.79 Å². The average Bonchev–Trinajstić information content (AvgIpc) is 2.18. The summed E-state index contributed by atoms with van der Waals surface area (Å²) < 4.78 is 0. The second-order valence-corrected chi connectivity index (χ2v) is 5.04. The van der Waals surface area contributed by atoms with E-state index in [4.69, 9.17) is 0 Å². The zero-order chi connectivity index (χ0) is 11.3. The van der Waals surface area contributed by atoms with Gasteiger partial charge < -0.3 is 10.6 Å². The van der Waals surface area contributed by atoms with E-state index in [1.165, 1.54) is 12.8 Å². The normalized spacial score (nSPS) is 18.9. The molecule has 15 heavy (non-hydrogen) atoms. The van der Waals surface area contributed by atoms with Gasteiger partial charge in [-0.25, -0.2) is 0 Å². The molecule has 1 amide bonds. The van der Waals surface area contributed by atoms with Crippen LogP contribution in [0.15, 0.2) is 0 Å². The molecule has 3 heteroatoms. The minimum absolute atomic E-state index is 0.0473. The number of nitrogens with one attached hydrogen (secondary N) is 2. The van der Waals surface area contributed by atoms with Crippen LogP contribution < -0.4 is 10.6 Å². The maximum atomic E-state index is 11.6. The number of carbonyl (C=O) groups excluding carboxylic acids is 1. The predicted molar refractivity (Wildman–Crippen MR) is 62.7 cm³/mol. The molecule has 0 aromatic rings. The third kappa shape index (κ3) is 3.82. The van der Waals surface area contributed by atoms with Gasteiger partial charge in [0.1, 0.15) is 0 Å². The Morgan fingerprint density at radius 1 is 1.40 bits per heavy atom. The van der Waals surface area contributed by atoms with Gasteiger partial charge in [-0.1, -0.05) is 6.92 Å². The van der Waals surface area contributed by atoms with Crippen molar-refractivity contribution in [3.63, 3.8) is 0 Å². The summed E-state index contributed by atoms with van der Waals surface area (Å²) in [6.07, 6.45) is 3.90. The minimum atomic E-state index is -0.0473. The van der Waals surface area contributed by atoms with Crippen LogP contribution in [-0.2, 0) is 4.79 Å². The number of rotatable bonds is 4. The molecule has 88 valence electrons. The number of carbonyl (C=O) groups is 1. The van der Waals surface area contributed by atoms with Crippen molar-refractivity contribution in [1.29, 1.82) is 0 Å². The molecule has 0 radical (unpaired) electrons. The summed E-state index contributed by atoms with van der Waals surface area (Å²) in [6, 6.07) is 0. The van der Waals surface area contributed by atoms with Crippen LogP contribution in [0.2, 0.25) is 0 Å². The molecule has 0 aliphatic carbocycles. The van der Waals surface area contributed by atoms with Crippen LogP contribution >= 0.6 is 0 Å². The molecule has 1 aliphatic rings. The lowest BCUT2D eigenvalue weighted by molar-refractivity contribution is -0.123. The van der Waals surface area contributed by atoms with E-state index in [2.05, 4.69) is 24.5 Å². The monoisotopic (exact) mass is 212 g/mol. The average molecular weight is 212 g/mol. The Hall–Kier alpha value is -0.570. The number of hydrogen-bond donors (Lipinski definition) is 2. The Morgan fingerprint density at radius 3 is 2.53 bits per heavy atom. The summed E-state index contributed by atoms with van der Waals surface area (Å²) in [4.78, 5) is 11.6. The Kier molecular flexibility index (Phi) is 4.58. The van der Waals surface area contributed by atoms with Crippen LogP contribution in [0, 0.1) is 5.92 Å². The van der Waals surface area contributed by atoms with Crippen LogP contribution in [0.4, 0.5) is 0 Å². The highest BCUT2D eigenvalue weighted by Gasteiger charge is 2.31. The molecular weight excluding hydrogens is 188 g/mol. The molecule has 1 saturated heterocycles. The van der Waals surface area contributed by atoms with E-state index in [9.17, 15) is 4.79 Å². The summed E-state index contributed by atoms with van der Waals surface area (Å²) in [7, 11) is 0. The fourth-order valence-electron chi connectivity index (χ4n) is 2.29. The lowest BCUT2D eigenvalue weighted by Gasteiger charge is -2.38. The van der Waals surface area contributed by atoms with E-state index in [0.717, 1.165) is 19.5 Å². The smallest absolute Gasteiger partial charge is 0.220 e. The van der Waals surface area contributed by atoms with Gasteiger partial charge in [0, 0.05) is 12.0 Å². The molecule has 0 saturated carbocycles. The van der Waals surface area contributed by atoms with Crippen LogP contribution in [0.3, 0.4) is 0 Å². The Labute approximate surface area is 93.0 Å². The molecule has 1 rings (SSSR count). The molecule has 0 bridgehead atoms. The number of piperidine rings is 1. The first-order chi connectivity index (χ1) is 7.06. The van der Waals surface area contributed by atoms with Gasteiger partial charge in [-0.15, -0.1) is 0 Å². The van der Waals surface area contributed by atoms with E-state index in [1.807, 2.05) is 6.92 Å². The first-order valence-corrected chi connectivity index (χ1v) is 6.08. The summed E-state index contributed by atoms with van der Waals surface area (Å²) in [6.45, 7) is 8.50. The number of hydrogen-bond acceptors (Lipinski definition) is 2. The van der Waals surface area contributed by atoms with Gasteiger partial charge in [0.15, 0.2) is 0 Å². The highest BCUT2D eigenvalue weighted by Crippen LogP contribution is 2.25. The van der Waals surface area contributed by atoms with Crippen molar-refractivity contribution in [1.82, 2.24) is 10.6 Å². The van der Waals surface area contributed by atoms with Gasteiger partial charge >= 0.3 is 0 Å². The Balaban J connectivity index is 2.45. The van der Waals surface area contributed by atoms with Crippen LogP contribution in [0.25, 0.3) is 0 Å². The molecule has 0 unspecified atom stereocenters. The molecule has 3 nitrogen and oxygen atoms in total. The van der Waals surface area contributed by atoms with Crippen molar-refractivity contribution in [3.8, 4) is 0 Å². The van der Waals surface area contributed by atoms with Gasteiger partial charge in [0.2, 0.25) is 5.91 Å². The molecule has 1 aliphatic heterocycles. The molecule has 2 N–H and O–H groups in total. The molecule has 0 aromatic carbocycles. The van der Waals surface area contributed by atoms with E-state index in [-0.39, 0.29) is 11.4 Å². The summed E-state index contributed by atoms with van der Waals surface area (Å²) in [5.41, 5.74) is -0.0473. The van der Waals surface area contributed by atoms with Crippen molar-refractivity contribution >= 4 is 5.91 Å². The van der Waals surface area contributed by atoms with E-state index in [1.54, 1.807) is 0 Å². The Bertz CT molecular complexity index is 208. The van der Waals surface area contributed by atoms with Crippen molar-refractivity contribution in [3.05, 3.63) is 0 Å². The van der Waals surface area contributed by atoms with Crippen molar-refractivity contribution in [2.24, 2.45) is 5.92 Å². The summed E-state index contributed by atoms with van der Waals surface area (Å²) >= 11 is 0. The van der Waals surface area contributed by atoms with Gasteiger partial charge in [-0.2, -0.15) is 0 Å². The fourth-order valence-corrected chi connectivity index (χ4v) is 2.29. The summed E-state index contributed by atoms with van der Waals surface area (Å²) in [5, 5.41) is 6.51. The molecule has 0 atom stereocenters. The van der Waals surface area contributed by atoms with Gasteiger partial charge in [-0.05, 0) is 52.1 Å². The third-order valence-corrected chi connectivity index (χ3v) is 3.30. The zero-order valence-electron chi connectivity index (χ0n) is 10.2. The van der Waals surface area contributed by atoms with E-state index >= 15 is 0 Å². The van der Waals surface area contributed by atoms with E-state index < -0.39 is 0 Å². The van der Waals surface area contributed by atoms with Gasteiger partial charge in [-0.3, -0.25) is 4.79 Å². The van der Waals surface area contributed by atoms with Gasteiger partial charge in [0.05, 0.1) is 0 Å². The molecular formula is C12H24N2O. The van der Waals surface area contributed by atoms with Crippen LogP contribution in [-0.4, -0.2) is 24.5 Å². The maximum absolute atomic E-state index is 11.6. The minimum Gasteiger partial charge on any atom is -0.351 e. The molecule has 0 aromatic heterocycles. The summed E-state index contributed by atoms with van der Waals surface area (Å²) in [5.74, 6) is 0.806. The maximum Gasteiger partial charge on any atom is 0.220 e. The Morgan fingerprint density at radius 2 is 2.00 bits per heavy atom. The zero-order valence-corrected chi connectivity index (χ0v) is 10.2. The standard InChI is InChI=1S/C12H24N2O/c1-4-5-11(15)14-12(2,3)10-6-8-13-9-7-10/h10,13H,4-9H2,1-3H3,(H,14,15). The van der Waals surface area contributed by atoms with Crippen LogP contribution in [0.5, 0.6) is 0 Å².